The van der Waals surface area contributed by atoms with Crippen LogP contribution in [0.5, 0.6) is 0 Å². The molecule has 2 aliphatic rings. The molecule has 2 fully saturated rings. The first-order valence-corrected chi connectivity index (χ1v) is 6.81. The second-order valence-electron chi connectivity index (χ2n) is 5.69. The van der Waals surface area contributed by atoms with Crippen LogP contribution in [0.15, 0.2) is 30.3 Å². The number of fused-ring (bicyclic) bond motifs is 1. The van der Waals surface area contributed by atoms with Crippen LogP contribution in [-0.4, -0.2) is 36.6 Å². The van der Waals surface area contributed by atoms with Gasteiger partial charge in [0.1, 0.15) is 0 Å². The molecule has 2 atom stereocenters. The summed E-state index contributed by atoms with van der Waals surface area (Å²) in [6.07, 6.45) is 1.36. The summed E-state index contributed by atoms with van der Waals surface area (Å²) in [6, 6.07) is 12.3. The second kappa shape index (κ2) is 4.34. The number of hydrogen-bond donors (Lipinski definition) is 0. The van der Waals surface area contributed by atoms with Crippen LogP contribution in [0.1, 0.15) is 20.3 Å². The van der Waals surface area contributed by atoms with Crippen LogP contribution in [0.3, 0.4) is 0 Å². The maximum Gasteiger partial charge on any atom is 0.0458 e. The summed E-state index contributed by atoms with van der Waals surface area (Å²) in [5, 5.41) is 0. The van der Waals surface area contributed by atoms with E-state index in [1.807, 2.05) is 0 Å². The van der Waals surface area contributed by atoms with E-state index in [-0.39, 0.29) is 0 Å². The summed E-state index contributed by atoms with van der Waals surface area (Å²) >= 11 is 0. The highest BCUT2D eigenvalue weighted by Crippen LogP contribution is 2.35. The average Bonchev–Trinajstić information content (AvgIpc) is 2.89. The van der Waals surface area contributed by atoms with E-state index >= 15 is 0 Å². The minimum absolute atomic E-state index is 0.693. The highest BCUT2D eigenvalue weighted by atomic mass is 15.3. The van der Waals surface area contributed by atoms with Gasteiger partial charge in [-0.15, -0.1) is 0 Å². The fraction of sp³-hybridized carbons (Fsp3) is 0.600. The third-order valence-corrected chi connectivity index (χ3v) is 4.39. The molecule has 0 aromatic heterocycles. The lowest BCUT2D eigenvalue weighted by Crippen LogP contribution is -2.37. The van der Waals surface area contributed by atoms with Crippen molar-refractivity contribution in [3.63, 3.8) is 0 Å². The Morgan fingerprint density at radius 1 is 1.12 bits per heavy atom. The van der Waals surface area contributed by atoms with Crippen molar-refractivity contribution < 1.29 is 0 Å². The Morgan fingerprint density at radius 3 is 2.59 bits per heavy atom. The van der Waals surface area contributed by atoms with Gasteiger partial charge in [-0.1, -0.05) is 18.2 Å². The Bertz CT molecular complexity index is 374. The number of hydrogen-bond acceptors (Lipinski definition) is 2. The van der Waals surface area contributed by atoms with Crippen LogP contribution in [0, 0.1) is 5.92 Å². The Kier molecular flexibility index (Phi) is 2.83. The molecule has 0 bridgehead atoms. The molecular weight excluding hydrogens is 208 g/mol. The van der Waals surface area contributed by atoms with Crippen molar-refractivity contribution in [2.75, 3.05) is 24.5 Å². The van der Waals surface area contributed by atoms with Crippen LogP contribution in [0.4, 0.5) is 5.69 Å². The van der Waals surface area contributed by atoms with E-state index in [0.717, 1.165) is 12.0 Å². The maximum absolute atomic E-state index is 2.63. The van der Waals surface area contributed by atoms with Gasteiger partial charge in [-0.3, -0.25) is 4.90 Å². The largest absolute Gasteiger partial charge is 0.367 e. The van der Waals surface area contributed by atoms with Crippen LogP contribution in [-0.2, 0) is 0 Å². The standard InChI is InChI=1S/C15H22N2/c1-12(2)16-10-13-8-9-17(15(13)11-16)14-6-4-3-5-7-14/h3-7,12-13,15H,8-11H2,1-2H3. The van der Waals surface area contributed by atoms with Gasteiger partial charge in [0.05, 0.1) is 0 Å². The molecule has 2 nitrogen and oxygen atoms in total. The number of rotatable bonds is 2. The first-order valence-electron chi connectivity index (χ1n) is 6.81. The predicted octanol–water partition coefficient (Wildman–Crippen LogP) is 2.61. The molecule has 2 heteroatoms. The molecule has 0 spiro atoms. The Balaban J connectivity index is 1.77. The van der Waals surface area contributed by atoms with E-state index in [4.69, 9.17) is 0 Å². The van der Waals surface area contributed by atoms with Gasteiger partial charge in [-0.2, -0.15) is 0 Å². The van der Waals surface area contributed by atoms with E-state index in [0.29, 0.717) is 6.04 Å². The molecule has 1 aromatic rings. The fourth-order valence-electron chi connectivity index (χ4n) is 3.36. The maximum atomic E-state index is 2.63. The van der Waals surface area contributed by atoms with Gasteiger partial charge < -0.3 is 4.90 Å². The normalized spacial score (nSPS) is 29.0. The van der Waals surface area contributed by atoms with Crippen LogP contribution >= 0.6 is 0 Å². The van der Waals surface area contributed by atoms with Crippen molar-refractivity contribution in [2.24, 2.45) is 5.92 Å². The summed E-state index contributed by atoms with van der Waals surface area (Å²) in [5.41, 5.74) is 1.41. The van der Waals surface area contributed by atoms with Gasteiger partial charge in [0.25, 0.3) is 0 Å². The van der Waals surface area contributed by atoms with Crippen molar-refractivity contribution in [2.45, 2.75) is 32.4 Å². The molecule has 0 amide bonds. The zero-order chi connectivity index (χ0) is 11.8. The third-order valence-electron chi connectivity index (χ3n) is 4.39. The molecule has 1 aromatic carbocycles. The summed E-state index contributed by atoms with van der Waals surface area (Å²) in [7, 11) is 0. The Morgan fingerprint density at radius 2 is 1.88 bits per heavy atom. The van der Waals surface area contributed by atoms with Crippen molar-refractivity contribution >= 4 is 5.69 Å². The van der Waals surface area contributed by atoms with Crippen LogP contribution in [0.2, 0.25) is 0 Å². The minimum Gasteiger partial charge on any atom is -0.367 e. The van der Waals surface area contributed by atoms with Crippen LogP contribution < -0.4 is 4.90 Å². The molecule has 2 saturated heterocycles. The Labute approximate surface area is 104 Å². The van der Waals surface area contributed by atoms with Gasteiger partial charge in [0.15, 0.2) is 0 Å². The topological polar surface area (TPSA) is 6.48 Å². The fourth-order valence-corrected chi connectivity index (χ4v) is 3.36. The van der Waals surface area contributed by atoms with Gasteiger partial charge in [-0.25, -0.2) is 0 Å². The van der Waals surface area contributed by atoms with E-state index < -0.39 is 0 Å². The van der Waals surface area contributed by atoms with Crippen molar-refractivity contribution in [3.05, 3.63) is 30.3 Å². The van der Waals surface area contributed by atoms with Crippen LogP contribution in [0.25, 0.3) is 0 Å². The summed E-state index contributed by atoms with van der Waals surface area (Å²) in [6.45, 7) is 8.41. The number of likely N-dealkylation sites (tertiary alicyclic amines) is 1. The SMILES string of the molecule is CC(C)N1CC2CCN(c3ccccc3)C2C1. The quantitative estimate of drug-likeness (QED) is 0.770. The van der Waals surface area contributed by atoms with E-state index in [9.17, 15) is 0 Å². The number of para-hydroxylation sites is 1. The number of benzene rings is 1. The van der Waals surface area contributed by atoms with Crippen molar-refractivity contribution in [3.8, 4) is 0 Å². The third kappa shape index (κ3) is 1.95. The lowest BCUT2D eigenvalue weighted by atomic mass is 10.1. The molecule has 3 rings (SSSR count). The highest BCUT2D eigenvalue weighted by molar-refractivity contribution is 5.49. The van der Waals surface area contributed by atoms with Crippen molar-refractivity contribution in [1.82, 2.24) is 4.90 Å². The zero-order valence-electron chi connectivity index (χ0n) is 10.8. The average molecular weight is 230 g/mol. The molecule has 17 heavy (non-hydrogen) atoms. The zero-order valence-corrected chi connectivity index (χ0v) is 10.8. The van der Waals surface area contributed by atoms with Gasteiger partial charge >= 0.3 is 0 Å². The smallest absolute Gasteiger partial charge is 0.0458 e. The molecule has 0 N–H and O–H groups in total. The minimum atomic E-state index is 0.693. The molecule has 2 heterocycles. The van der Waals surface area contributed by atoms with E-state index in [2.05, 4.69) is 54.0 Å². The monoisotopic (exact) mass is 230 g/mol. The molecular formula is C15H22N2. The molecule has 0 radical (unpaired) electrons. The van der Waals surface area contributed by atoms with Gasteiger partial charge in [0, 0.05) is 37.4 Å². The first-order chi connectivity index (χ1) is 8.25. The molecule has 2 aliphatic heterocycles. The molecule has 92 valence electrons. The van der Waals surface area contributed by atoms with E-state index in [1.165, 1.54) is 31.7 Å². The van der Waals surface area contributed by atoms with Gasteiger partial charge in [0.2, 0.25) is 0 Å². The van der Waals surface area contributed by atoms with E-state index in [1.54, 1.807) is 0 Å². The first kappa shape index (κ1) is 11.1. The summed E-state index contributed by atoms with van der Waals surface area (Å²) < 4.78 is 0. The summed E-state index contributed by atoms with van der Waals surface area (Å²) in [4.78, 5) is 5.25. The predicted molar refractivity (Wildman–Crippen MR) is 72.4 cm³/mol. The lowest BCUT2D eigenvalue weighted by molar-refractivity contribution is 0.259. The molecule has 0 saturated carbocycles. The second-order valence-corrected chi connectivity index (χ2v) is 5.69. The molecule has 0 aliphatic carbocycles. The van der Waals surface area contributed by atoms with Crippen molar-refractivity contribution in [1.29, 1.82) is 0 Å². The summed E-state index contributed by atoms with van der Waals surface area (Å²) in [5.74, 6) is 0.887. The lowest BCUT2D eigenvalue weighted by Gasteiger charge is -2.28. The highest BCUT2D eigenvalue weighted by Gasteiger charge is 2.41. The number of anilines is 1. The Hall–Kier alpha value is -1.02. The number of nitrogens with zero attached hydrogens (tertiary/aromatic N) is 2. The molecule has 2 unspecified atom stereocenters. The van der Waals surface area contributed by atoms with Gasteiger partial charge in [-0.05, 0) is 38.3 Å².